The first kappa shape index (κ1) is 14.9. The third kappa shape index (κ3) is 3.53. The first-order chi connectivity index (χ1) is 8.89. The molecule has 0 atom stereocenters. The standard InChI is InChI=1S/C12H21N3O2S2/c1-10(2)19(16,17)15-6-4-14(5-7-15)8-12-9-18-11(3)13-12/h9-10H,4-8H2,1-3H3. The van der Waals surface area contributed by atoms with E-state index in [4.69, 9.17) is 0 Å². The highest BCUT2D eigenvalue weighted by Crippen LogP contribution is 2.15. The highest BCUT2D eigenvalue weighted by Gasteiger charge is 2.29. The minimum atomic E-state index is -3.10. The van der Waals surface area contributed by atoms with Gasteiger partial charge < -0.3 is 0 Å². The predicted molar refractivity (Wildman–Crippen MR) is 77.8 cm³/mol. The van der Waals surface area contributed by atoms with Crippen molar-refractivity contribution >= 4 is 21.4 Å². The fourth-order valence-electron chi connectivity index (χ4n) is 2.15. The summed E-state index contributed by atoms with van der Waals surface area (Å²) in [5.41, 5.74) is 1.09. The van der Waals surface area contributed by atoms with Gasteiger partial charge in [-0.05, 0) is 20.8 Å². The monoisotopic (exact) mass is 303 g/mol. The molecule has 0 bridgehead atoms. The SMILES string of the molecule is Cc1nc(CN2CCN(S(=O)(=O)C(C)C)CC2)cs1. The summed E-state index contributed by atoms with van der Waals surface area (Å²) >= 11 is 1.66. The summed E-state index contributed by atoms with van der Waals surface area (Å²) in [5, 5.41) is 2.82. The van der Waals surface area contributed by atoms with E-state index in [1.807, 2.05) is 6.92 Å². The third-order valence-electron chi connectivity index (χ3n) is 3.34. The quantitative estimate of drug-likeness (QED) is 0.841. The van der Waals surface area contributed by atoms with Gasteiger partial charge in [-0.15, -0.1) is 11.3 Å². The summed E-state index contributed by atoms with van der Waals surface area (Å²) < 4.78 is 25.7. The van der Waals surface area contributed by atoms with Crippen LogP contribution >= 0.6 is 11.3 Å². The van der Waals surface area contributed by atoms with E-state index in [2.05, 4.69) is 15.3 Å². The van der Waals surface area contributed by atoms with Crippen LogP contribution in [0.4, 0.5) is 0 Å². The Bertz CT molecular complexity index is 517. The van der Waals surface area contributed by atoms with Gasteiger partial charge in [0, 0.05) is 38.1 Å². The lowest BCUT2D eigenvalue weighted by Crippen LogP contribution is -2.50. The molecule has 0 aliphatic carbocycles. The van der Waals surface area contributed by atoms with Crippen molar-refractivity contribution in [1.29, 1.82) is 0 Å². The zero-order valence-corrected chi connectivity index (χ0v) is 13.3. The fourth-order valence-corrected chi connectivity index (χ4v) is 4.02. The van der Waals surface area contributed by atoms with E-state index in [-0.39, 0.29) is 5.25 Å². The van der Waals surface area contributed by atoms with Crippen molar-refractivity contribution in [3.63, 3.8) is 0 Å². The van der Waals surface area contributed by atoms with Crippen LogP contribution in [0, 0.1) is 6.92 Å². The van der Waals surface area contributed by atoms with Crippen molar-refractivity contribution < 1.29 is 8.42 Å². The number of thiazole rings is 1. The van der Waals surface area contributed by atoms with Crippen LogP contribution in [0.3, 0.4) is 0 Å². The molecule has 1 fully saturated rings. The van der Waals surface area contributed by atoms with E-state index in [9.17, 15) is 8.42 Å². The van der Waals surface area contributed by atoms with Gasteiger partial charge in [0.15, 0.2) is 0 Å². The second-order valence-corrected chi connectivity index (χ2v) is 8.68. The zero-order valence-electron chi connectivity index (χ0n) is 11.7. The van der Waals surface area contributed by atoms with E-state index in [0.717, 1.165) is 30.3 Å². The molecule has 5 nitrogen and oxygen atoms in total. The normalized spacial score (nSPS) is 19.2. The Morgan fingerprint density at radius 1 is 1.32 bits per heavy atom. The molecule has 108 valence electrons. The molecule has 1 aromatic heterocycles. The summed E-state index contributed by atoms with van der Waals surface area (Å²) in [4.78, 5) is 6.71. The summed E-state index contributed by atoms with van der Waals surface area (Å²) in [6.07, 6.45) is 0. The number of sulfonamides is 1. The molecule has 1 saturated heterocycles. The lowest BCUT2D eigenvalue weighted by atomic mass is 10.3. The molecule has 0 aromatic carbocycles. The number of hydrogen-bond donors (Lipinski definition) is 0. The Morgan fingerprint density at radius 2 is 1.95 bits per heavy atom. The van der Waals surface area contributed by atoms with Crippen molar-refractivity contribution in [3.8, 4) is 0 Å². The van der Waals surface area contributed by atoms with Crippen LogP contribution in [0.25, 0.3) is 0 Å². The van der Waals surface area contributed by atoms with Gasteiger partial charge >= 0.3 is 0 Å². The number of piperazine rings is 1. The van der Waals surface area contributed by atoms with Gasteiger partial charge in [-0.1, -0.05) is 0 Å². The van der Waals surface area contributed by atoms with Gasteiger partial charge in [0.05, 0.1) is 16.0 Å². The van der Waals surface area contributed by atoms with Crippen molar-refractivity contribution in [1.82, 2.24) is 14.2 Å². The Kier molecular flexibility index (Phi) is 4.60. The molecule has 2 heterocycles. The Labute approximate surface area is 119 Å². The molecule has 0 amide bonds. The molecular weight excluding hydrogens is 282 g/mol. The maximum Gasteiger partial charge on any atom is 0.216 e. The van der Waals surface area contributed by atoms with Crippen molar-refractivity contribution in [3.05, 3.63) is 16.1 Å². The molecule has 0 unspecified atom stereocenters. The highest BCUT2D eigenvalue weighted by atomic mass is 32.2. The maximum atomic E-state index is 12.1. The average Bonchev–Trinajstić information content (AvgIpc) is 2.75. The molecule has 19 heavy (non-hydrogen) atoms. The summed E-state index contributed by atoms with van der Waals surface area (Å²) in [6, 6.07) is 0. The summed E-state index contributed by atoms with van der Waals surface area (Å²) in [5.74, 6) is 0. The highest BCUT2D eigenvalue weighted by molar-refractivity contribution is 7.89. The van der Waals surface area contributed by atoms with Gasteiger partial charge in [-0.3, -0.25) is 4.90 Å². The molecule has 2 rings (SSSR count). The largest absolute Gasteiger partial charge is 0.295 e. The van der Waals surface area contributed by atoms with Crippen LogP contribution in [0.2, 0.25) is 0 Å². The van der Waals surface area contributed by atoms with Crippen molar-refractivity contribution in [2.24, 2.45) is 0 Å². The minimum absolute atomic E-state index is 0.333. The minimum Gasteiger partial charge on any atom is -0.295 e. The van der Waals surface area contributed by atoms with Crippen LogP contribution in [-0.4, -0.2) is 54.0 Å². The second-order valence-electron chi connectivity index (χ2n) is 5.13. The summed E-state index contributed by atoms with van der Waals surface area (Å²) in [6.45, 7) is 9.03. The van der Waals surface area contributed by atoms with Crippen molar-refractivity contribution in [2.75, 3.05) is 26.2 Å². The number of aromatic nitrogens is 1. The molecule has 1 aliphatic heterocycles. The topological polar surface area (TPSA) is 53.5 Å². The Morgan fingerprint density at radius 3 is 2.42 bits per heavy atom. The first-order valence-corrected chi connectivity index (χ1v) is 8.90. The Balaban J connectivity index is 1.89. The fraction of sp³-hybridized carbons (Fsp3) is 0.750. The van der Waals surface area contributed by atoms with Crippen LogP contribution in [0.5, 0.6) is 0 Å². The van der Waals surface area contributed by atoms with Gasteiger partial charge in [0.2, 0.25) is 10.0 Å². The molecule has 1 aromatic rings. The molecule has 7 heteroatoms. The van der Waals surface area contributed by atoms with Gasteiger partial charge in [0.25, 0.3) is 0 Å². The van der Waals surface area contributed by atoms with Crippen LogP contribution < -0.4 is 0 Å². The van der Waals surface area contributed by atoms with Crippen LogP contribution in [0.1, 0.15) is 24.5 Å². The molecule has 0 radical (unpaired) electrons. The second kappa shape index (κ2) is 5.87. The molecule has 1 aliphatic rings. The molecule has 0 spiro atoms. The maximum absolute atomic E-state index is 12.1. The predicted octanol–water partition coefficient (Wildman–Crippen LogP) is 1.31. The van der Waals surface area contributed by atoms with E-state index in [1.165, 1.54) is 0 Å². The third-order valence-corrected chi connectivity index (χ3v) is 6.44. The van der Waals surface area contributed by atoms with E-state index < -0.39 is 10.0 Å². The number of rotatable bonds is 4. The molecular formula is C12H21N3O2S2. The van der Waals surface area contributed by atoms with Gasteiger partial charge in [0.1, 0.15) is 0 Å². The average molecular weight is 303 g/mol. The smallest absolute Gasteiger partial charge is 0.216 e. The number of aryl methyl sites for hydroxylation is 1. The zero-order chi connectivity index (χ0) is 14.0. The number of nitrogens with zero attached hydrogens (tertiary/aromatic N) is 3. The van der Waals surface area contributed by atoms with Crippen molar-refractivity contribution in [2.45, 2.75) is 32.6 Å². The number of hydrogen-bond acceptors (Lipinski definition) is 5. The first-order valence-electron chi connectivity index (χ1n) is 6.52. The van der Waals surface area contributed by atoms with Crippen LogP contribution in [0.15, 0.2) is 5.38 Å². The van der Waals surface area contributed by atoms with Gasteiger partial charge in [-0.2, -0.15) is 4.31 Å². The van der Waals surface area contributed by atoms with E-state index in [0.29, 0.717) is 13.1 Å². The lowest BCUT2D eigenvalue weighted by Gasteiger charge is -2.34. The summed E-state index contributed by atoms with van der Waals surface area (Å²) in [7, 11) is -3.10. The van der Waals surface area contributed by atoms with E-state index >= 15 is 0 Å². The Hall–Kier alpha value is -0.500. The molecule has 0 saturated carbocycles. The van der Waals surface area contributed by atoms with Gasteiger partial charge in [-0.25, -0.2) is 13.4 Å². The van der Waals surface area contributed by atoms with E-state index in [1.54, 1.807) is 29.5 Å². The van der Waals surface area contributed by atoms with Crippen LogP contribution in [-0.2, 0) is 16.6 Å². The molecule has 0 N–H and O–H groups in total. The lowest BCUT2D eigenvalue weighted by molar-refractivity contribution is 0.179.